The molecule has 6 aromatic rings. The van der Waals surface area contributed by atoms with Crippen molar-refractivity contribution in [3.05, 3.63) is 87.1 Å². The van der Waals surface area contributed by atoms with Crippen LogP contribution < -0.4 is 0 Å². The zero-order valence-corrected chi connectivity index (χ0v) is 34.3. The number of benzene rings is 3. The predicted molar refractivity (Wildman–Crippen MR) is 224 cm³/mol. The number of hydrogen-bond donors (Lipinski definition) is 3. The fourth-order valence-electron chi connectivity index (χ4n) is 6.73. The van der Waals surface area contributed by atoms with Crippen molar-refractivity contribution in [2.24, 2.45) is 0 Å². The highest BCUT2D eigenvalue weighted by Crippen LogP contribution is 2.21. The number of aromatic amines is 3. The molecule has 6 heterocycles. The SMILES string of the molecule is CN1CCN(C(=O)c2nc3ccc(Cl)cc3[nH]2)CC1.CN1CCN(C(=O)c2nc3ccc(Cl)cc3[nH]2)CC1.CN1CCN(C(=O)c2nc3ccc(Cl)cc3[nH]2)CC1. The molecule has 3 aromatic heterocycles. The highest BCUT2D eigenvalue weighted by molar-refractivity contribution is 6.32. The molecule has 3 amide bonds. The molecule has 0 atom stereocenters. The molecular weight excluding hydrogens is 791 g/mol. The van der Waals surface area contributed by atoms with Gasteiger partial charge in [-0.15, -0.1) is 0 Å². The number of carbonyl (C=O) groups is 3. The van der Waals surface area contributed by atoms with Crippen molar-refractivity contribution in [1.29, 1.82) is 0 Å². The molecule has 0 bridgehead atoms. The molecule has 0 aliphatic carbocycles. The van der Waals surface area contributed by atoms with E-state index in [1.54, 1.807) is 36.4 Å². The van der Waals surface area contributed by atoms with Gasteiger partial charge < -0.3 is 44.4 Å². The molecule has 300 valence electrons. The minimum absolute atomic E-state index is 0.0413. The van der Waals surface area contributed by atoms with E-state index in [1.807, 2.05) is 32.9 Å². The average Bonchev–Trinajstić information content (AvgIpc) is 3.95. The number of likely N-dealkylation sites (N-methyl/N-ethyl adjacent to an activating group) is 3. The van der Waals surface area contributed by atoms with Crippen LogP contribution in [0, 0.1) is 0 Å². The third-order valence-electron chi connectivity index (χ3n) is 10.3. The molecule has 3 aromatic carbocycles. The standard InChI is InChI=1S/3C13H15ClN4O/c3*1-17-4-6-18(7-5-17)13(19)12-15-10-3-2-9(14)8-11(10)16-12/h3*2-3,8H,4-7H2,1H3,(H,15,16). The van der Waals surface area contributed by atoms with E-state index < -0.39 is 0 Å². The third-order valence-corrected chi connectivity index (χ3v) is 11.0. The number of nitrogens with one attached hydrogen (secondary N) is 3. The van der Waals surface area contributed by atoms with Crippen LogP contribution in [0.1, 0.15) is 31.9 Å². The van der Waals surface area contributed by atoms with Gasteiger partial charge in [-0.1, -0.05) is 34.8 Å². The molecule has 9 rings (SSSR count). The van der Waals surface area contributed by atoms with E-state index in [4.69, 9.17) is 34.8 Å². The number of aromatic nitrogens is 6. The minimum atomic E-state index is -0.0413. The summed E-state index contributed by atoms with van der Waals surface area (Å²) in [6, 6.07) is 16.1. The van der Waals surface area contributed by atoms with Crippen molar-refractivity contribution in [3.63, 3.8) is 0 Å². The normalized spacial score (nSPS) is 17.1. The maximum atomic E-state index is 12.3. The van der Waals surface area contributed by atoms with Crippen LogP contribution in [0.3, 0.4) is 0 Å². The number of nitrogens with zero attached hydrogens (tertiary/aromatic N) is 9. The van der Waals surface area contributed by atoms with Crippen molar-refractivity contribution >= 4 is 85.6 Å². The highest BCUT2D eigenvalue weighted by Gasteiger charge is 2.25. The fourth-order valence-corrected chi connectivity index (χ4v) is 7.24. The zero-order valence-electron chi connectivity index (χ0n) is 32.1. The Labute approximate surface area is 344 Å². The van der Waals surface area contributed by atoms with E-state index in [-0.39, 0.29) is 17.7 Å². The number of amides is 3. The Balaban J connectivity index is 0.000000131. The summed E-state index contributed by atoms with van der Waals surface area (Å²) >= 11 is 17.8. The number of hydrogen-bond acceptors (Lipinski definition) is 9. The topological polar surface area (TPSA) is 157 Å². The third kappa shape index (κ3) is 9.86. The maximum absolute atomic E-state index is 12.3. The van der Waals surface area contributed by atoms with E-state index in [0.717, 1.165) is 112 Å². The molecule has 0 radical (unpaired) electrons. The molecule has 0 saturated carbocycles. The van der Waals surface area contributed by atoms with Crippen LogP contribution in [0.15, 0.2) is 54.6 Å². The van der Waals surface area contributed by atoms with Gasteiger partial charge in [0.2, 0.25) is 0 Å². The lowest BCUT2D eigenvalue weighted by Crippen LogP contribution is -2.47. The summed E-state index contributed by atoms with van der Waals surface area (Å²) in [6.45, 7) is 9.86. The Hall–Kier alpha value is -4.77. The van der Waals surface area contributed by atoms with Crippen LogP contribution in [0.2, 0.25) is 15.1 Å². The first-order valence-corrected chi connectivity index (χ1v) is 19.9. The molecule has 57 heavy (non-hydrogen) atoms. The number of imidazole rings is 3. The summed E-state index contributed by atoms with van der Waals surface area (Å²) in [5, 5.41) is 1.90. The second kappa shape index (κ2) is 17.8. The number of carbonyl (C=O) groups excluding carboxylic acids is 3. The number of fused-ring (bicyclic) bond motifs is 3. The largest absolute Gasteiger partial charge is 0.334 e. The minimum Gasteiger partial charge on any atom is -0.334 e. The van der Waals surface area contributed by atoms with Gasteiger partial charge in [-0.05, 0) is 75.7 Å². The van der Waals surface area contributed by atoms with Crippen LogP contribution >= 0.6 is 34.8 Å². The Bertz CT molecular complexity index is 2110. The lowest BCUT2D eigenvalue weighted by molar-refractivity contribution is 0.0646. The highest BCUT2D eigenvalue weighted by atomic mass is 35.5. The van der Waals surface area contributed by atoms with E-state index in [1.165, 1.54) is 0 Å². The molecule has 3 fully saturated rings. The van der Waals surface area contributed by atoms with Gasteiger partial charge in [0.1, 0.15) is 0 Å². The van der Waals surface area contributed by atoms with Crippen LogP contribution in [-0.4, -0.2) is 177 Å². The van der Waals surface area contributed by atoms with Crippen molar-refractivity contribution in [1.82, 2.24) is 59.3 Å². The van der Waals surface area contributed by atoms with Gasteiger partial charge >= 0.3 is 0 Å². The first kappa shape index (κ1) is 40.4. The molecule has 3 N–H and O–H groups in total. The molecule has 15 nitrogen and oxygen atoms in total. The van der Waals surface area contributed by atoms with Gasteiger partial charge in [-0.2, -0.15) is 0 Å². The van der Waals surface area contributed by atoms with Crippen LogP contribution in [-0.2, 0) is 0 Å². The molecule has 0 spiro atoms. The van der Waals surface area contributed by atoms with Crippen LogP contribution in [0.5, 0.6) is 0 Å². The molecule has 3 aliphatic heterocycles. The van der Waals surface area contributed by atoms with Crippen molar-refractivity contribution in [2.75, 3.05) is 99.7 Å². The Morgan fingerprint density at radius 2 is 0.684 bits per heavy atom. The summed E-state index contributed by atoms with van der Waals surface area (Å²) in [6.07, 6.45) is 0. The van der Waals surface area contributed by atoms with Crippen molar-refractivity contribution < 1.29 is 14.4 Å². The maximum Gasteiger partial charge on any atom is 0.289 e. The first-order valence-electron chi connectivity index (χ1n) is 18.8. The molecule has 0 unspecified atom stereocenters. The Kier molecular flexibility index (Phi) is 12.6. The smallest absolute Gasteiger partial charge is 0.289 e. The fraction of sp³-hybridized carbons (Fsp3) is 0.385. The van der Waals surface area contributed by atoms with Crippen molar-refractivity contribution in [2.45, 2.75) is 0 Å². The second-order valence-corrected chi connectivity index (χ2v) is 15.8. The lowest BCUT2D eigenvalue weighted by atomic mass is 10.3. The van der Waals surface area contributed by atoms with Gasteiger partial charge in [0.15, 0.2) is 17.5 Å². The van der Waals surface area contributed by atoms with E-state index >= 15 is 0 Å². The number of halogens is 3. The molecular formula is C39H45Cl3N12O3. The monoisotopic (exact) mass is 834 g/mol. The van der Waals surface area contributed by atoms with Gasteiger partial charge in [0.25, 0.3) is 17.7 Å². The second-order valence-electron chi connectivity index (χ2n) is 14.5. The first-order chi connectivity index (χ1) is 27.4. The number of H-pyrrole nitrogens is 3. The van der Waals surface area contributed by atoms with Crippen LogP contribution in [0.4, 0.5) is 0 Å². The van der Waals surface area contributed by atoms with Gasteiger partial charge in [-0.3, -0.25) is 14.4 Å². The predicted octanol–water partition coefficient (Wildman–Crippen LogP) is 4.81. The van der Waals surface area contributed by atoms with E-state index in [2.05, 4.69) is 65.7 Å². The summed E-state index contributed by atoms with van der Waals surface area (Å²) in [4.78, 5) is 71.3. The summed E-state index contributed by atoms with van der Waals surface area (Å²) in [5.41, 5.74) is 4.69. The van der Waals surface area contributed by atoms with E-state index in [9.17, 15) is 14.4 Å². The quantitative estimate of drug-likeness (QED) is 0.228. The lowest BCUT2D eigenvalue weighted by Gasteiger charge is -2.31. The molecule has 3 aliphatic rings. The molecule has 18 heteroatoms. The number of rotatable bonds is 3. The summed E-state index contributed by atoms with van der Waals surface area (Å²) < 4.78 is 0. The van der Waals surface area contributed by atoms with Gasteiger partial charge in [-0.25, -0.2) is 15.0 Å². The molecule has 3 saturated heterocycles. The average molecular weight is 836 g/mol. The Morgan fingerprint density at radius 3 is 0.930 bits per heavy atom. The van der Waals surface area contributed by atoms with E-state index in [0.29, 0.717) is 32.5 Å². The summed E-state index contributed by atoms with van der Waals surface area (Å²) in [7, 11) is 6.18. The van der Waals surface area contributed by atoms with Crippen LogP contribution in [0.25, 0.3) is 33.1 Å². The Morgan fingerprint density at radius 1 is 0.439 bits per heavy atom. The summed E-state index contributed by atoms with van der Waals surface area (Å²) in [5.74, 6) is 1.05. The number of piperazine rings is 3. The van der Waals surface area contributed by atoms with Crippen molar-refractivity contribution in [3.8, 4) is 0 Å². The zero-order chi connectivity index (χ0) is 40.2. The van der Waals surface area contributed by atoms with Gasteiger partial charge in [0, 0.05) is 93.6 Å². The van der Waals surface area contributed by atoms with Gasteiger partial charge in [0.05, 0.1) is 33.1 Å².